The van der Waals surface area contributed by atoms with E-state index in [-0.39, 0.29) is 0 Å². The number of hydrogen-bond acceptors (Lipinski definition) is 1. The first-order chi connectivity index (χ1) is 8.70. The smallest absolute Gasteiger partial charge is 0.0167 e. The molecule has 0 aliphatic heterocycles. The SMILES string of the molecule is CNCC(=Cc1ccc2ccccc2c1)C(C)C. The van der Waals surface area contributed by atoms with E-state index in [1.54, 1.807) is 0 Å². The molecule has 2 aromatic carbocycles. The summed E-state index contributed by atoms with van der Waals surface area (Å²) >= 11 is 0. The Morgan fingerprint density at radius 2 is 1.83 bits per heavy atom. The van der Waals surface area contributed by atoms with E-state index in [1.807, 2.05) is 7.05 Å². The van der Waals surface area contributed by atoms with Gasteiger partial charge in [0.15, 0.2) is 0 Å². The quantitative estimate of drug-likeness (QED) is 0.847. The van der Waals surface area contributed by atoms with Crippen LogP contribution in [0.4, 0.5) is 0 Å². The highest BCUT2D eigenvalue weighted by Gasteiger charge is 2.02. The van der Waals surface area contributed by atoms with Crippen LogP contribution in [-0.4, -0.2) is 13.6 Å². The Balaban J connectivity index is 2.38. The predicted molar refractivity (Wildman–Crippen MR) is 80.7 cm³/mol. The number of fused-ring (bicyclic) bond motifs is 1. The molecule has 1 N–H and O–H groups in total. The Hall–Kier alpha value is -1.60. The summed E-state index contributed by atoms with van der Waals surface area (Å²) in [6.45, 7) is 5.43. The largest absolute Gasteiger partial charge is 0.316 e. The third-order valence-electron chi connectivity index (χ3n) is 3.25. The molecule has 0 heterocycles. The molecule has 0 unspecified atom stereocenters. The van der Waals surface area contributed by atoms with E-state index < -0.39 is 0 Å². The Morgan fingerprint density at radius 3 is 2.50 bits per heavy atom. The topological polar surface area (TPSA) is 12.0 Å². The Labute approximate surface area is 110 Å². The van der Waals surface area contributed by atoms with Crippen molar-refractivity contribution < 1.29 is 0 Å². The first-order valence-corrected chi connectivity index (χ1v) is 6.54. The molecule has 0 saturated carbocycles. The number of hydrogen-bond donors (Lipinski definition) is 1. The summed E-state index contributed by atoms with van der Waals surface area (Å²) in [6.07, 6.45) is 2.30. The summed E-state index contributed by atoms with van der Waals surface area (Å²) < 4.78 is 0. The van der Waals surface area contributed by atoms with E-state index in [0.717, 1.165) is 6.54 Å². The summed E-state index contributed by atoms with van der Waals surface area (Å²) in [7, 11) is 2.00. The van der Waals surface area contributed by atoms with Crippen LogP contribution in [0.1, 0.15) is 19.4 Å². The molecule has 1 nitrogen and oxygen atoms in total. The highest BCUT2D eigenvalue weighted by Crippen LogP contribution is 2.19. The van der Waals surface area contributed by atoms with Crippen LogP contribution in [0.5, 0.6) is 0 Å². The average molecular weight is 239 g/mol. The molecular formula is C17H21N. The number of rotatable bonds is 4. The summed E-state index contributed by atoms with van der Waals surface area (Å²) in [5.74, 6) is 0.573. The minimum absolute atomic E-state index is 0.573. The van der Waals surface area contributed by atoms with Crippen molar-refractivity contribution >= 4 is 16.8 Å². The van der Waals surface area contributed by atoms with Crippen molar-refractivity contribution in [1.82, 2.24) is 5.32 Å². The fourth-order valence-corrected chi connectivity index (χ4v) is 2.14. The maximum absolute atomic E-state index is 3.24. The lowest BCUT2D eigenvalue weighted by Gasteiger charge is -2.11. The molecule has 0 bridgehead atoms. The lowest BCUT2D eigenvalue weighted by Crippen LogP contribution is -2.13. The van der Waals surface area contributed by atoms with Crippen LogP contribution in [0.25, 0.3) is 16.8 Å². The molecule has 2 rings (SSSR count). The van der Waals surface area contributed by atoms with Crippen molar-refractivity contribution in [1.29, 1.82) is 0 Å². The van der Waals surface area contributed by atoms with Gasteiger partial charge in [0, 0.05) is 6.54 Å². The van der Waals surface area contributed by atoms with E-state index in [9.17, 15) is 0 Å². The van der Waals surface area contributed by atoms with Gasteiger partial charge in [-0.05, 0) is 35.4 Å². The van der Waals surface area contributed by atoms with Gasteiger partial charge in [-0.3, -0.25) is 0 Å². The zero-order valence-corrected chi connectivity index (χ0v) is 11.4. The molecule has 2 aromatic rings. The molecule has 18 heavy (non-hydrogen) atoms. The van der Waals surface area contributed by atoms with Crippen molar-refractivity contribution in [3.05, 3.63) is 53.6 Å². The van der Waals surface area contributed by atoms with Gasteiger partial charge in [0.1, 0.15) is 0 Å². The van der Waals surface area contributed by atoms with E-state index in [0.29, 0.717) is 5.92 Å². The zero-order chi connectivity index (χ0) is 13.0. The zero-order valence-electron chi connectivity index (χ0n) is 11.4. The second-order valence-corrected chi connectivity index (χ2v) is 5.01. The maximum Gasteiger partial charge on any atom is 0.0167 e. The monoisotopic (exact) mass is 239 g/mol. The predicted octanol–water partition coefficient (Wildman–Crippen LogP) is 4.10. The normalized spacial score (nSPS) is 12.3. The highest BCUT2D eigenvalue weighted by molar-refractivity contribution is 5.84. The van der Waals surface area contributed by atoms with Gasteiger partial charge < -0.3 is 5.32 Å². The van der Waals surface area contributed by atoms with E-state index >= 15 is 0 Å². The summed E-state index contributed by atoms with van der Waals surface area (Å²) in [6, 6.07) is 15.1. The van der Waals surface area contributed by atoms with Gasteiger partial charge in [-0.1, -0.05) is 61.9 Å². The van der Waals surface area contributed by atoms with Crippen LogP contribution in [0.15, 0.2) is 48.0 Å². The first-order valence-electron chi connectivity index (χ1n) is 6.54. The van der Waals surface area contributed by atoms with Crippen molar-refractivity contribution in [2.24, 2.45) is 5.92 Å². The number of nitrogens with one attached hydrogen (secondary N) is 1. The van der Waals surface area contributed by atoms with Gasteiger partial charge in [-0.15, -0.1) is 0 Å². The third-order valence-corrected chi connectivity index (χ3v) is 3.25. The summed E-state index contributed by atoms with van der Waals surface area (Å²) in [4.78, 5) is 0. The average Bonchev–Trinajstić information content (AvgIpc) is 2.38. The third kappa shape index (κ3) is 2.99. The molecule has 0 atom stereocenters. The molecule has 0 fully saturated rings. The van der Waals surface area contributed by atoms with Crippen LogP contribution in [0, 0.1) is 5.92 Å². The highest BCUT2D eigenvalue weighted by atomic mass is 14.8. The Bertz CT molecular complexity index is 552. The lowest BCUT2D eigenvalue weighted by molar-refractivity contribution is 0.713. The van der Waals surface area contributed by atoms with Gasteiger partial charge >= 0.3 is 0 Å². The summed E-state index contributed by atoms with van der Waals surface area (Å²) in [5.41, 5.74) is 2.72. The molecule has 0 aliphatic rings. The molecule has 0 amide bonds. The van der Waals surface area contributed by atoms with Crippen LogP contribution in [0.2, 0.25) is 0 Å². The number of likely N-dealkylation sites (N-methyl/N-ethyl adjacent to an activating group) is 1. The van der Waals surface area contributed by atoms with Gasteiger partial charge in [0.25, 0.3) is 0 Å². The second-order valence-electron chi connectivity index (χ2n) is 5.01. The molecule has 0 radical (unpaired) electrons. The molecule has 94 valence electrons. The maximum atomic E-state index is 3.24. The van der Waals surface area contributed by atoms with Crippen molar-refractivity contribution in [3.63, 3.8) is 0 Å². The van der Waals surface area contributed by atoms with Gasteiger partial charge in [0.05, 0.1) is 0 Å². The molecule has 1 heteroatoms. The van der Waals surface area contributed by atoms with Crippen LogP contribution >= 0.6 is 0 Å². The summed E-state index contributed by atoms with van der Waals surface area (Å²) in [5, 5.41) is 5.84. The minimum atomic E-state index is 0.573. The molecule has 0 aliphatic carbocycles. The van der Waals surface area contributed by atoms with Gasteiger partial charge in [-0.25, -0.2) is 0 Å². The van der Waals surface area contributed by atoms with Gasteiger partial charge in [0.2, 0.25) is 0 Å². The molecule has 0 saturated heterocycles. The Morgan fingerprint density at radius 1 is 1.11 bits per heavy atom. The van der Waals surface area contributed by atoms with Crippen molar-refractivity contribution in [2.45, 2.75) is 13.8 Å². The standard InChI is InChI=1S/C17H21N/c1-13(2)17(12-18-3)11-14-8-9-15-6-4-5-7-16(15)10-14/h4-11,13,18H,12H2,1-3H3. The van der Waals surface area contributed by atoms with E-state index in [2.05, 4.69) is 67.7 Å². The van der Waals surface area contributed by atoms with Gasteiger partial charge in [-0.2, -0.15) is 0 Å². The molecule has 0 spiro atoms. The number of benzene rings is 2. The van der Waals surface area contributed by atoms with Crippen LogP contribution in [-0.2, 0) is 0 Å². The lowest BCUT2D eigenvalue weighted by atomic mass is 9.99. The van der Waals surface area contributed by atoms with Crippen molar-refractivity contribution in [2.75, 3.05) is 13.6 Å². The minimum Gasteiger partial charge on any atom is -0.316 e. The fraction of sp³-hybridized carbons (Fsp3) is 0.294. The molecular weight excluding hydrogens is 218 g/mol. The Kier molecular flexibility index (Phi) is 4.16. The fourth-order valence-electron chi connectivity index (χ4n) is 2.14. The second kappa shape index (κ2) is 5.83. The van der Waals surface area contributed by atoms with E-state index in [1.165, 1.54) is 21.9 Å². The van der Waals surface area contributed by atoms with Crippen LogP contribution in [0.3, 0.4) is 0 Å². The van der Waals surface area contributed by atoms with Crippen molar-refractivity contribution in [3.8, 4) is 0 Å². The molecule has 0 aromatic heterocycles. The first kappa shape index (κ1) is 12.8. The van der Waals surface area contributed by atoms with Crippen LogP contribution < -0.4 is 5.32 Å². The van der Waals surface area contributed by atoms with E-state index in [4.69, 9.17) is 0 Å².